The van der Waals surface area contributed by atoms with Crippen molar-refractivity contribution in [2.45, 2.75) is 39.7 Å². The molecule has 1 aromatic carbocycles. The van der Waals surface area contributed by atoms with Crippen molar-refractivity contribution in [3.8, 4) is 5.75 Å². The molecule has 0 aromatic heterocycles. The Morgan fingerprint density at radius 3 is 2.85 bits per heavy atom. The third kappa shape index (κ3) is 3.51. The summed E-state index contributed by atoms with van der Waals surface area (Å²) < 4.78 is 11.1. The molecule has 110 valence electrons. The number of hydrogen-bond donors (Lipinski definition) is 1. The monoisotopic (exact) mass is 277 g/mol. The molecule has 1 aliphatic heterocycles. The SMILES string of the molecule is CCOc1cc(C)c(C(=O)NCC2CCCO2)cc1C. The molecule has 0 spiro atoms. The van der Waals surface area contributed by atoms with E-state index in [1.165, 1.54) is 0 Å². The molecule has 1 unspecified atom stereocenters. The standard InChI is InChI=1S/C16H23NO3/c1-4-19-15-9-11(2)14(8-12(15)3)16(18)17-10-13-6-5-7-20-13/h8-9,13H,4-7,10H2,1-3H3,(H,17,18). The first-order valence-electron chi connectivity index (χ1n) is 7.25. The van der Waals surface area contributed by atoms with E-state index in [0.29, 0.717) is 18.7 Å². The molecule has 1 N–H and O–H groups in total. The van der Waals surface area contributed by atoms with Crippen molar-refractivity contribution in [1.82, 2.24) is 5.32 Å². The first kappa shape index (κ1) is 14.9. The number of ether oxygens (including phenoxy) is 2. The summed E-state index contributed by atoms with van der Waals surface area (Å²) in [4.78, 5) is 12.2. The number of carbonyl (C=O) groups is 1. The number of carbonyl (C=O) groups excluding carboxylic acids is 1. The summed E-state index contributed by atoms with van der Waals surface area (Å²) in [5.41, 5.74) is 2.63. The maximum Gasteiger partial charge on any atom is 0.251 e. The van der Waals surface area contributed by atoms with Crippen molar-refractivity contribution in [3.63, 3.8) is 0 Å². The van der Waals surface area contributed by atoms with Gasteiger partial charge in [-0.2, -0.15) is 0 Å². The lowest BCUT2D eigenvalue weighted by Crippen LogP contribution is -2.32. The Kier molecular flexibility index (Phi) is 5.01. The van der Waals surface area contributed by atoms with Crippen molar-refractivity contribution < 1.29 is 14.3 Å². The van der Waals surface area contributed by atoms with Crippen molar-refractivity contribution >= 4 is 5.91 Å². The number of nitrogens with one attached hydrogen (secondary N) is 1. The zero-order chi connectivity index (χ0) is 14.5. The summed E-state index contributed by atoms with van der Waals surface area (Å²) in [6, 6.07) is 3.82. The molecule has 1 aromatic rings. The van der Waals surface area contributed by atoms with Crippen LogP contribution in [0.5, 0.6) is 5.75 Å². The van der Waals surface area contributed by atoms with Crippen LogP contribution >= 0.6 is 0 Å². The third-order valence-electron chi connectivity index (χ3n) is 3.58. The summed E-state index contributed by atoms with van der Waals surface area (Å²) in [6.07, 6.45) is 2.28. The molecule has 20 heavy (non-hydrogen) atoms. The Morgan fingerprint density at radius 1 is 1.40 bits per heavy atom. The molecule has 0 radical (unpaired) electrons. The lowest BCUT2D eigenvalue weighted by Gasteiger charge is -2.14. The van der Waals surface area contributed by atoms with E-state index in [4.69, 9.17) is 9.47 Å². The van der Waals surface area contributed by atoms with E-state index in [1.54, 1.807) is 0 Å². The Morgan fingerprint density at radius 2 is 2.20 bits per heavy atom. The van der Waals surface area contributed by atoms with Gasteiger partial charge in [0.15, 0.2) is 0 Å². The van der Waals surface area contributed by atoms with Crippen LogP contribution < -0.4 is 10.1 Å². The molecule has 4 heteroatoms. The zero-order valence-electron chi connectivity index (χ0n) is 12.5. The zero-order valence-corrected chi connectivity index (χ0v) is 12.5. The van der Waals surface area contributed by atoms with Crippen LogP contribution in [0.2, 0.25) is 0 Å². The second-order valence-corrected chi connectivity index (χ2v) is 5.21. The van der Waals surface area contributed by atoms with Gasteiger partial charge in [-0.1, -0.05) is 0 Å². The lowest BCUT2D eigenvalue weighted by atomic mass is 10.0. The molecule has 1 atom stereocenters. The average molecular weight is 277 g/mol. The van der Waals surface area contributed by atoms with E-state index < -0.39 is 0 Å². The van der Waals surface area contributed by atoms with Crippen LogP contribution in [-0.4, -0.2) is 31.8 Å². The highest BCUT2D eigenvalue weighted by Crippen LogP contribution is 2.23. The van der Waals surface area contributed by atoms with Crippen molar-refractivity contribution in [2.75, 3.05) is 19.8 Å². The Hall–Kier alpha value is -1.55. The van der Waals surface area contributed by atoms with E-state index in [9.17, 15) is 4.79 Å². The van der Waals surface area contributed by atoms with Gasteiger partial charge >= 0.3 is 0 Å². The maximum atomic E-state index is 12.2. The van der Waals surface area contributed by atoms with Gasteiger partial charge in [0.1, 0.15) is 5.75 Å². The van der Waals surface area contributed by atoms with Gasteiger partial charge in [0, 0.05) is 18.7 Å². The van der Waals surface area contributed by atoms with E-state index in [-0.39, 0.29) is 12.0 Å². The van der Waals surface area contributed by atoms with Crippen LogP contribution in [0.15, 0.2) is 12.1 Å². The molecule has 4 nitrogen and oxygen atoms in total. The first-order valence-corrected chi connectivity index (χ1v) is 7.25. The maximum absolute atomic E-state index is 12.2. The molecule has 1 amide bonds. The molecule has 0 aliphatic carbocycles. The van der Waals surface area contributed by atoms with Gasteiger partial charge in [0.05, 0.1) is 12.7 Å². The van der Waals surface area contributed by atoms with Crippen LogP contribution in [0.3, 0.4) is 0 Å². The van der Waals surface area contributed by atoms with Crippen LogP contribution in [0, 0.1) is 13.8 Å². The van der Waals surface area contributed by atoms with Gasteiger partial charge in [-0.15, -0.1) is 0 Å². The quantitative estimate of drug-likeness (QED) is 0.900. The molecule has 2 rings (SSSR count). The molecule has 1 heterocycles. The van der Waals surface area contributed by atoms with Crippen LogP contribution in [0.4, 0.5) is 0 Å². The number of benzene rings is 1. The summed E-state index contributed by atoms with van der Waals surface area (Å²) in [6.45, 7) is 7.87. The molecule has 1 aliphatic rings. The first-order chi connectivity index (χ1) is 9.61. The highest BCUT2D eigenvalue weighted by Gasteiger charge is 2.18. The fraction of sp³-hybridized carbons (Fsp3) is 0.562. The number of rotatable bonds is 5. The normalized spacial score (nSPS) is 18.1. The molecule has 0 saturated carbocycles. The molecule has 1 saturated heterocycles. The molecule has 1 fully saturated rings. The second-order valence-electron chi connectivity index (χ2n) is 5.21. The van der Waals surface area contributed by atoms with Crippen molar-refractivity contribution in [2.24, 2.45) is 0 Å². The largest absolute Gasteiger partial charge is 0.494 e. The molecular weight excluding hydrogens is 254 g/mol. The minimum absolute atomic E-state index is 0.0378. The van der Waals surface area contributed by atoms with Gasteiger partial charge in [-0.25, -0.2) is 0 Å². The predicted molar refractivity (Wildman–Crippen MR) is 78.4 cm³/mol. The number of aryl methyl sites for hydroxylation is 2. The van der Waals surface area contributed by atoms with Gasteiger partial charge in [-0.3, -0.25) is 4.79 Å². The molecule has 0 bridgehead atoms. The summed E-state index contributed by atoms with van der Waals surface area (Å²) in [5, 5.41) is 2.96. The summed E-state index contributed by atoms with van der Waals surface area (Å²) >= 11 is 0. The number of amides is 1. The third-order valence-corrected chi connectivity index (χ3v) is 3.58. The summed E-state index contributed by atoms with van der Waals surface area (Å²) in [7, 11) is 0. The van der Waals surface area contributed by atoms with Gasteiger partial charge in [0.25, 0.3) is 5.91 Å². The fourth-order valence-electron chi connectivity index (χ4n) is 2.45. The smallest absolute Gasteiger partial charge is 0.251 e. The van der Waals surface area contributed by atoms with Crippen LogP contribution in [-0.2, 0) is 4.74 Å². The van der Waals surface area contributed by atoms with Gasteiger partial charge in [0.2, 0.25) is 0 Å². The van der Waals surface area contributed by atoms with Gasteiger partial charge < -0.3 is 14.8 Å². The van der Waals surface area contributed by atoms with E-state index in [0.717, 1.165) is 36.3 Å². The topological polar surface area (TPSA) is 47.6 Å². The Balaban J connectivity index is 2.03. The summed E-state index contributed by atoms with van der Waals surface area (Å²) in [5.74, 6) is 0.810. The highest BCUT2D eigenvalue weighted by atomic mass is 16.5. The molecular formula is C16H23NO3. The minimum Gasteiger partial charge on any atom is -0.494 e. The van der Waals surface area contributed by atoms with Crippen molar-refractivity contribution in [1.29, 1.82) is 0 Å². The van der Waals surface area contributed by atoms with Crippen molar-refractivity contribution in [3.05, 3.63) is 28.8 Å². The van der Waals surface area contributed by atoms with E-state index in [1.807, 2.05) is 32.9 Å². The highest BCUT2D eigenvalue weighted by molar-refractivity contribution is 5.96. The van der Waals surface area contributed by atoms with E-state index in [2.05, 4.69) is 5.32 Å². The minimum atomic E-state index is -0.0378. The fourth-order valence-corrected chi connectivity index (χ4v) is 2.45. The van der Waals surface area contributed by atoms with E-state index >= 15 is 0 Å². The van der Waals surface area contributed by atoms with Gasteiger partial charge in [-0.05, 0) is 56.9 Å². The Labute approximate surface area is 120 Å². The van der Waals surface area contributed by atoms with Crippen LogP contribution in [0.1, 0.15) is 41.3 Å². The second kappa shape index (κ2) is 6.75. The lowest BCUT2D eigenvalue weighted by molar-refractivity contribution is 0.0857. The number of hydrogen-bond acceptors (Lipinski definition) is 3. The Bertz CT molecular complexity index is 479. The van der Waals surface area contributed by atoms with Crippen LogP contribution in [0.25, 0.3) is 0 Å². The average Bonchev–Trinajstić information content (AvgIpc) is 2.93. The predicted octanol–water partition coefficient (Wildman–Crippen LogP) is 2.61.